The Balaban J connectivity index is 0.00000144. The third-order valence-corrected chi connectivity index (χ3v) is 4.21. The van der Waals surface area contributed by atoms with Crippen molar-refractivity contribution in [1.29, 1.82) is 0 Å². The minimum absolute atomic E-state index is 0. The van der Waals surface area contributed by atoms with Crippen LogP contribution in [0.25, 0.3) is 0 Å². The zero-order valence-electron chi connectivity index (χ0n) is 10.8. The van der Waals surface area contributed by atoms with Crippen molar-refractivity contribution in [2.75, 3.05) is 13.1 Å². The van der Waals surface area contributed by atoms with E-state index < -0.39 is 0 Å². The summed E-state index contributed by atoms with van der Waals surface area (Å²) in [6.45, 7) is 4.14. The van der Waals surface area contributed by atoms with E-state index in [2.05, 4.69) is 17.6 Å². The number of amides is 1. The van der Waals surface area contributed by atoms with E-state index in [1.165, 1.54) is 32.1 Å². The van der Waals surface area contributed by atoms with Crippen LogP contribution >= 0.6 is 12.4 Å². The number of halogens is 1. The lowest BCUT2D eigenvalue weighted by Gasteiger charge is -2.42. The van der Waals surface area contributed by atoms with Gasteiger partial charge in [0.25, 0.3) is 0 Å². The molecule has 2 fully saturated rings. The lowest BCUT2D eigenvalue weighted by molar-refractivity contribution is -0.123. The van der Waals surface area contributed by atoms with Gasteiger partial charge in [-0.25, -0.2) is 0 Å². The van der Waals surface area contributed by atoms with Crippen molar-refractivity contribution in [2.24, 2.45) is 5.41 Å². The Bertz CT molecular complexity index is 248. The van der Waals surface area contributed by atoms with Crippen LogP contribution in [-0.2, 0) is 4.79 Å². The molecule has 0 aromatic heterocycles. The first-order valence-electron chi connectivity index (χ1n) is 6.77. The zero-order chi connectivity index (χ0) is 11.4. The number of carbonyl (C=O) groups excluding carboxylic acids is 1. The Morgan fingerprint density at radius 1 is 1.41 bits per heavy atom. The second-order valence-corrected chi connectivity index (χ2v) is 5.47. The first-order valence-corrected chi connectivity index (χ1v) is 6.77. The third-order valence-electron chi connectivity index (χ3n) is 4.21. The number of nitrogens with one attached hydrogen (secondary N) is 2. The van der Waals surface area contributed by atoms with Crippen LogP contribution in [0.5, 0.6) is 0 Å². The minimum Gasteiger partial charge on any atom is -0.354 e. The lowest BCUT2D eigenvalue weighted by Crippen LogP contribution is -2.47. The summed E-state index contributed by atoms with van der Waals surface area (Å²) in [5.41, 5.74) is 0.447. The molecule has 1 saturated carbocycles. The Morgan fingerprint density at radius 3 is 2.65 bits per heavy atom. The Kier molecular flexibility index (Phi) is 5.74. The average Bonchev–Trinajstić information content (AvgIpc) is 2.74. The molecule has 1 unspecified atom stereocenters. The predicted octanol–water partition coefficient (Wildman–Crippen LogP) is 2.25. The van der Waals surface area contributed by atoms with Crippen molar-refractivity contribution >= 4 is 18.3 Å². The summed E-state index contributed by atoms with van der Waals surface area (Å²) in [6, 6.07) is 0.0822. The van der Waals surface area contributed by atoms with Gasteiger partial charge in [-0.15, -0.1) is 12.4 Å². The summed E-state index contributed by atoms with van der Waals surface area (Å²) in [5.74, 6) is 0.222. The molecule has 0 aromatic carbocycles. The van der Waals surface area contributed by atoms with E-state index in [-0.39, 0.29) is 24.4 Å². The Hall–Kier alpha value is -0.280. The van der Waals surface area contributed by atoms with Gasteiger partial charge in [-0.1, -0.05) is 19.8 Å². The van der Waals surface area contributed by atoms with Crippen molar-refractivity contribution in [1.82, 2.24) is 10.6 Å². The first-order chi connectivity index (χ1) is 7.76. The molecule has 0 aromatic rings. The van der Waals surface area contributed by atoms with Crippen LogP contribution in [0.15, 0.2) is 0 Å². The van der Waals surface area contributed by atoms with Crippen molar-refractivity contribution in [3.05, 3.63) is 0 Å². The van der Waals surface area contributed by atoms with E-state index in [9.17, 15) is 4.79 Å². The van der Waals surface area contributed by atoms with Crippen LogP contribution < -0.4 is 10.6 Å². The summed E-state index contributed by atoms with van der Waals surface area (Å²) in [5, 5.41) is 6.40. The van der Waals surface area contributed by atoms with Crippen molar-refractivity contribution < 1.29 is 4.79 Å². The monoisotopic (exact) mass is 260 g/mol. The van der Waals surface area contributed by atoms with Gasteiger partial charge in [-0.05, 0) is 44.1 Å². The number of rotatable bonds is 5. The Morgan fingerprint density at radius 2 is 2.18 bits per heavy atom. The fourth-order valence-electron chi connectivity index (χ4n) is 3.03. The highest BCUT2D eigenvalue weighted by molar-refractivity contribution is 5.85. The molecule has 4 heteroatoms. The van der Waals surface area contributed by atoms with Gasteiger partial charge >= 0.3 is 0 Å². The van der Waals surface area contributed by atoms with E-state index in [4.69, 9.17) is 0 Å². The fraction of sp³-hybridized carbons (Fsp3) is 0.923. The van der Waals surface area contributed by atoms with Crippen LogP contribution in [0, 0.1) is 5.41 Å². The maximum absolute atomic E-state index is 11.9. The fourth-order valence-corrected chi connectivity index (χ4v) is 3.03. The van der Waals surface area contributed by atoms with E-state index in [0.29, 0.717) is 5.41 Å². The largest absolute Gasteiger partial charge is 0.354 e. The Labute approximate surface area is 111 Å². The molecule has 3 nitrogen and oxygen atoms in total. The van der Waals surface area contributed by atoms with Crippen LogP contribution in [0.1, 0.15) is 51.9 Å². The van der Waals surface area contributed by atoms with Gasteiger partial charge in [0.05, 0.1) is 6.04 Å². The highest BCUT2D eigenvalue weighted by Crippen LogP contribution is 2.44. The van der Waals surface area contributed by atoms with Gasteiger partial charge in [0.2, 0.25) is 5.91 Å². The molecule has 2 aliphatic rings. The average molecular weight is 261 g/mol. The van der Waals surface area contributed by atoms with Crippen LogP contribution in [0.3, 0.4) is 0 Å². The molecule has 0 bridgehead atoms. The molecule has 1 amide bonds. The second kappa shape index (κ2) is 6.60. The molecule has 0 radical (unpaired) electrons. The van der Waals surface area contributed by atoms with Crippen LogP contribution in [0.2, 0.25) is 0 Å². The molecule has 17 heavy (non-hydrogen) atoms. The van der Waals surface area contributed by atoms with Crippen LogP contribution in [-0.4, -0.2) is 25.0 Å². The van der Waals surface area contributed by atoms with E-state index in [1.54, 1.807) is 0 Å². The minimum atomic E-state index is 0. The summed E-state index contributed by atoms with van der Waals surface area (Å²) >= 11 is 0. The van der Waals surface area contributed by atoms with Gasteiger partial charge < -0.3 is 10.6 Å². The van der Waals surface area contributed by atoms with E-state index in [1.807, 2.05) is 0 Å². The quantitative estimate of drug-likeness (QED) is 0.796. The number of hydrogen-bond acceptors (Lipinski definition) is 2. The number of hydrogen-bond donors (Lipinski definition) is 2. The van der Waals surface area contributed by atoms with E-state index >= 15 is 0 Å². The van der Waals surface area contributed by atoms with Crippen LogP contribution in [0.4, 0.5) is 0 Å². The van der Waals surface area contributed by atoms with Gasteiger partial charge in [-0.3, -0.25) is 4.79 Å². The molecule has 1 saturated heterocycles. The van der Waals surface area contributed by atoms with E-state index in [0.717, 1.165) is 25.9 Å². The van der Waals surface area contributed by atoms with Gasteiger partial charge in [-0.2, -0.15) is 0 Å². The highest BCUT2D eigenvalue weighted by atomic mass is 35.5. The molecule has 1 aliphatic carbocycles. The third kappa shape index (κ3) is 3.59. The molecular formula is C13H25ClN2O. The zero-order valence-corrected chi connectivity index (χ0v) is 11.6. The summed E-state index contributed by atoms with van der Waals surface area (Å²) in [7, 11) is 0. The summed E-state index contributed by atoms with van der Waals surface area (Å²) < 4.78 is 0. The van der Waals surface area contributed by atoms with Crippen molar-refractivity contribution in [2.45, 2.75) is 57.9 Å². The summed E-state index contributed by atoms with van der Waals surface area (Å²) in [4.78, 5) is 11.9. The smallest absolute Gasteiger partial charge is 0.237 e. The highest BCUT2D eigenvalue weighted by Gasteiger charge is 2.36. The molecule has 0 spiro atoms. The molecule has 1 atom stereocenters. The van der Waals surface area contributed by atoms with Gasteiger partial charge in [0, 0.05) is 6.54 Å². The maximum Gasteiger partial charge on any atom is 0.237 e. The SMILES string of the molecule is CCCC1(CNC(=O)C2CCCN2)CCC1.Cl. The van der Waals surface area contributed by atoms with Gasteiger partial charge in [0.15, 0.2) is 0 Å². The molecule has 1 heterocycles. The molecule has 2 rings (SSSR count). The second-order valence-electron chi connectivity index (χ2n) is 5.47. The molecule has 1 aliphatic heterocycles. The molecule has 100 valence electrons. The molecule has 2 N–H and O–H groups in total. The lowest BCUT2D eigenvalue weighted by atomic mass is 9.66. The summed E-state index contributed by atoms with van der Waals surface area (Å²) in [6.07, 6.45) is 8.60. The van der Waals surface area contributed by atoms with Crippen molar-refractivity contribution in [3.63, 3.8) is 0 Å². The topological polar surface area (TPSA) is 41.1 Å². The standard InChI is InChI=1S/C13H24N2O.ClH/c1-2-6-13(7-4-8-13)10-15-12(16)11-5-3-9-14-11;/h11,14H,2-10H2,1H3,(H,15,16);1H. The van der Waals surface area contributed by atoms with Gasteiger partial charge in [0.1, 0.15) is 0 Å². The first kappa shape index (κ1) is 14.8. The normalized spacial score (nSPS) is 25.8. The maximum atomic E-state index is 11.9. The van der Waals surface area contributed by atoms with Crippen molar-refractivity contribution in [3.8, 4) is 0 Å². The molecular weight excluding hydrogens is 236 g/mol. The number of carbonyl (C=O) groups is 1. The predicted molar refractivity (Wildman–Crippen MR) is 72.5 cm³/mol.